The molecule has 4 rings (SSSR count). The standard InChI is InChI=1S/C25H28N6O2S/c32-23(28-17-20-7-2-1-3-8-20)18-30-13-6-14-31(16-15-30)24(33)19-34-25-27-12-10-22(29-25)21-9-4-5-11-26-21/h1-5,7-12H,6,13-19H2,(H,28,32). The zero-order valence-electron chi connectivity index (χ0n) is 19.0. The molecule has 0 bridgehead atoms. The molecule has 1 aliphatic rings. The van der Waals surface area contributed by atoms with Gasteiger partial charge in [-0.25, -0.2) is 9.97 Å². The predicted molar refractivity (Wildman–Crippen MR) is 132 cm³/mol. The Kier molecular flexibility index (Phi) is 8.59. The van der Waals surface area contributed by atoms with Crippen molar-refractivity contribution in [2.45, 2.75) is 18.1 Å². The van der Waals surface area contributed by atoms with E-state index in [0.717, 1.165) is 29.9 Å². The van der Waals surface area contributed by atoms with Crippen LogP contribution < -0.4 is 5.32 Å². The maximum atomic E-state index is 12.8. The van der Waals surface area contributed by atoms with Crippen molar-refractivity contribution in [3.63, 3.8) is 0 Å². The first kappa shape index (κ1) is 23.8. The van der Waals surface area contributed by atoms with E-state index < -0.39 is 0 Å². The summed E-state index contributed by atoms with van der Waals surface area (Å²) in [7, 11) is 0. The van der Waals surface area contributed by atoms with E-state index in [1.807, 2.05) is 59.5 Å². The maximum Gasteiger partial charge on any atom is 0.234 e. The number of thioether (sulfide) groups is 1. The number of hydrogen-bond acceptors (Lipinski definition) is 7. The summed E-state index contributed by atoms with van der Waals surface area (Å²) in [5.41, 5.74) is 2.59. The van der Waals surface area contributed by atoms with Gasteiger partial charge in [-0.2, -0.15) is 0 Å². The minimum atomic E-state index is 0.00382. The van der Waals surface area contributed by atoms with Gasteiger partial charge in [-0.15, -0.1) is 0 Å². The lowest BCUT2D eigenvalue weighted by molar-refractivity contribution is -0.128. The van der Waals surface area contributed by atoms with Crippen molar-refractivity contribution < 1.29 is 9.59 Å². The summed E-state index contributed by atoms with van der Waals surface area (Å²) in [6.07, 6.45) is 4.26. The average Bonchev–Trinajstić information content (AvgIpc) is 3.13. The van der Waals surface area contributed by atoms with E-state index >= 15 is 0 Å². The molecule has 1 saturated heterocycles. The fraction of sp³-hybridized carbons (Fsp3) is 0.320. The summed E-state index contributed by atoms with van der Waals surface area (Å²) in [6.45, 7) is 3.65. The molecular formula is C25H28N6O2S. The highest BCUT2D eigenvalue weighted by molar-refractivity contribution is 7.99. The summed E-state index contributed by atoms with van der Waals surface area (Å²) in [4.78, 5) is 42.3. The average molecular weight is 477 g/mol. The molecule has 9 heteroatoms. The van der Waals surface area contributed by atoms with Gasteiger partial charge in [0, 0.05) is 45.1 Å². The Morgan fingerprint density at radius 1 is 0.882 bits per heavy atom. The maximum absolute atomic E-state index is 12.8. The van der Waals surface area contributed by atoms with E-state index in [1.54, 1.807) is 12.4 Å². The normalized spacial score (nSPS) is 14.4. The Bertz CT molecular complexity index is 1080. The summed E-state index contributed by atoms with van der Waals surface area (Å²) in [5.74, 6) is 0.347. The molecule has 1 N–H and O–H groups in total. The molecule has 2 aromatic heterocycles. The number of benzene rings is 1. The monoisotopic (exact) mass is 476 g/mol. The van der Waals surface area contributed by atoms with Gasteiger partial charge in [0.1, 0.15) is 0 Å². The molecule has 0 aliphatic carbocycles. The van der Waals surface area contributed by atoms with Gasteiger partial charge in [-0.05, 0) is 30.2 Å². The Hall–Kier alpha value is -3.30. The van der Waals surface area contributed by atoms with Gasteiger partial charge in [0.25, 0.3) is 0 Å². The van der Waals surface area contributed by atoms with Crippen molar-refractivity contribution in [2.75, 3.05) is 38.5 Å². The first-order chi connectivity index (χ1) is 16.7. The quantitative estimate of drug-likeness (QED) is 0.395. The number of pyridine rings is 1. The van der Waals surface area contributed by atoms with Crippen LogP contribution in [0.4, 0.5) is 0 Å². The van der Waals surface area contributed by atoms with Crippen LogP contribution in [-0.4, -0.2) is 75.0 Å². The molecule has 1 aliphatic heterocycles. The molecule has 0 unspecified atom stereocenters. The van der Waals surface area contributed by atoms with Crippen molar-refractivity contribution in [1.82, 2.24) is 30.1 Å². The second-order valence-electron chi connectivity index (χ2n) is 8.00. The van der Waals surface area contributed by atoms with Crippen LogP contribution >= 0.6 is 11.8 Å². The molecule has 3 heterocycles. The first-order valence-corrected chi connectivity index (χ1v) is 12.3. The summed E-state index contributed by atoms with van der Waals surface area (Å²) >= 11 is 1.33. The number of aromatic nitrogens is 3. The van der Waals surface area contributed by atoms with Crippen LogP contribution in [-0.2, 0) is 16.1 Å². The van der Waals surface area contributed by atoms with Crippen molar-refractivity contribution in [3.8, 4) is 11.4 Å². The number of rotatable bonds is 8. The summed E-state index contributed by atoms with van der Waals surface area (Å²) in [6, 6.07) is 17.4. The molecule has 0 atom stereocenters. The van der Waals surface area contributed by atoms with Gasteiger partial charge in [-0.1, -0.05) is 48.2 Å². The minimum absolute atomic E-state index is 0.00382. The van der Waals surface area contributed by atoms with Crippen molar-refractivity contribution in [1.29, 1.82) is 0 Å². The fourth-order valence-corrected chi connectivity index (χ4v) is 4.45. The van der Waals surface area contributed by atoms with Crippen molar-refractivity contribution in [3.05, 3.63) is 72.6 Å². The van der Waals surface area contributed by atoms with Crippen LogP contribution in [0.1, 0.15) is 12.0 Å². The van der Waals surface area contributed by atoms with E-state index in [2.05, 4.69) is 25.2 Å². The molecule has 8 nitrogen and oxygen atoms in total. The lowest BCUT2D eigenvalue weighted by Crippen LogP contribution is -2.40. The molecule has 2 amide bonds. The molecule has 0 radical (unpaired) electrons. The highest BCUT2D eigenvalue weighted by atomic mass is 32.2. The van der Waals surface area contributed by atoms with E-state index in [9.17, 15) is 9.59 Å². The molecule has 1 aromatic carbocycles. The molecule has 0 saturated carbocycles. The smallest absolute Gasteiger partial charge is 0.234 e. The largest absolute Gasteiger partial charge is 0.351 e. The number of carbonyl (C=O) groups is 2. The molecule has 0 spiro atoms. The van der Waals surface area contributed by atoms with Gasteiger partial charge < -0.3 is 10.2 Å². The van der Waals surface area contributed by atoms with E-state index in [0.29, 0.717) is 37.9 Å². The van der Waals surface area contributed by atoms with Crippen LogP contribution in [0, 0.1) is 0 Å². The Labute approximate surface area is 203 Å². The van der Waals surface area contributed by atoms with Crippen molar-refractivity contribution >= 4 is 23.6 Å². The zero-order valence-corrected chi connectivity index (χ0v) is 19.8. The predicted octanol–water partition coefficient (Wildman–Crippen LogP) is 2.48. The van der Waals surface area contributed by atoms with Crippen LogP contribution in [0.25, 0.3) is 11.4 Å². The Morgan fingerprint density at radius 2 is 1.74 bits per heavy atom. The second-order valence-corrected chi connectivity index (χ2v) is 8.94. The summed E-state index contributed by atoms with van der Waals surface area (Å²) in [5, 5.41) is 3.53. The zero-order chi connectivity index (χ0) is 23.6. The lowest BCUT2D eigenvalue weighted by Gasteiger charge is -2.21. The van der Waals surface area contributed by atoms with E-state index in [-0.39, 0.29) is 17.6 Å². The first-order valence-electron chi connectivity index (χ1n) is 11.4. The molecule has 1 fully saturated rings. The third-order valence-electron chi connectivity index (χ3n) is 5.53. The lowest BCUT2D eigenvalue weighted by atomic mass is 10.2. The third kappa shape index (κ3) is 7.10. The van der Waals surface area contributed by atoms with Crippen LogP contribution in [0.2, 0.25) is 0 Å². The van der Waals surface area contributed by atoms with Gasteiger partial charge in [0.2, 0.25) is 11.8 Å². The van der Waals surface area contributed by atoms with Crippen LogP contribution in [0.15, 0.2) is 72.1 Å². The number of nitrogens with zero attached hydrogens (tertiary/aromatic N) is 5. The van der Waals surface area contributed by atoms with E-state index in [4.69, 9.17) is 0 Å². The highest BCUT2D eigenvalue weighted by Crippen LogP contribution is 2.19. The summed E-state index contributed by atoms with van der Waals surface area (Å²) < 4.78 is 0. The van der Waals surface area contributed by atoms with Gasteiger partial charge in [-0.3, -0.25) is 19.5 Å². The number of carbonyl (C=O) groups excluding carboxylic acids is 2. The van der Waals surface area contributed by atoms with Crippen molar-refractivity contribution in [2.24, 2.45) is 0 Å². The van der Waals surface area contributed by atoms with Crippen LogP contribution in [0.3, 0.4) is 0 Å². The second kappa shape index (κ2) is 12.2. The Balaban J connectivity index is 1.22. The number of amides is 2. The van der Waals surface area contributed by atoms with Crippen LogP contribution in [0.5, 0.6) is 0 Å². The SMILES string of the molecule is O=C(CN1CCCN(C(=O)CSc2nccc(-c3ccccn3)n2)CC1)NCc1ccccc1. The van der Waals surface area contributed by atoms with Gasteiger partial charge in [0.05, 0.1) is 23.7 Å². The topological polar surface area (TPSA) is 91.3 Å². The van der Waals surface area contributed by atoms with Gasteiger partial charge in [0.15, 0.2) is 5.16 Å². The molecule has 34 heavy (non-hydrogen) atoms. The fourth-order valence-electron chi connectivity index (χ4n) is 3.72. The van der Waals surface area contributed by atoms with E-state index in [1.165, 1.54) is 11.8 Å². The molecule has 3 aromatic rings. The third-order valence-corrected chi connectivity index (χ3v) is 6.37. The highest BCUT2D eigenvalue weighted by Gasteiger charge is 2.21. The Morgan fingerprint density at radius 3 is 2.56 bits per heavy atom. The number of hydrogen-bond donors (Lipinski definition) is 1. The number of nitrogens with one attached hydrogen (secondary N) is 1. The minimum Gasteiger partial charge on any atom is -0.351 e. The molecular weight excluding hydrogens is 448 g/mol. The van der Waals surface area contributed by atoms with Gasteiger partial charge >= 0.3 is 0 Å². The molecule has 176 valence electrons.